The average molecular weight is 340 g/mol. The van der Waals surface area contributed by atoms with E-state index in [0.29, 0.717) is 19.7 Å². The number of likely N-dealkylation sites (tertiary alicyclic amines) is 1. The van der Waals surface area contributed by atoms with Gasteiger partial charge in [-0.2, -0.15) is 0 Å². The van der Waals surface area contributed by atoms with E-state index >= 15 is 0 Å². The Morgan fingerprint density at radius 2 is 1.92 bits per heavy atom. The van der Waals surface area contributed by atoms with E-state index in [1.807, 2.05) is 61.5 Å². The van der Waals surface area contributed by atoms with Crippen LogP contribution in [0.5, 0.6) is 5.75 Å². The first-order chi connectivity index (χ1) is 12.1. The molecule has 0 aliphatic carbocycles. The van der Waals surface area contributed by atoms with Crippen LogP contribution < -0.4 is 10.5 Å². The number of amides is 1. The highest BCUT2D eigenvalue weighted by molar-refractivity contribution is 5.68. The minimum atomic E-state index is -0.290. The molecule has 1 amide bonds. The third kappa shape index (κ3) is 4.73. The van der Waals surface area contributed by atoms with Crippen molar-refractivity contribution >= 4 is 6.09 Å². The molecule has 1 aliphatic rings. The van der Waals surface area contributed by atoms with Crippen LogP contribution >= 0.6 is 0 Å². The lowest BCUT2D eigenvalue weighted by molar-refractivity contribution is 0.0991. The van der Waals surface area contributed by atoms with Crippen LogP contribution in [0.2, 0.25) is 0 Å². The molecule has 25 heavy (non-hydrogen) atoms. The predicted molar refractivity (Wildman–Crippen MR) is 96.3 cm³/mol. The van der Waals surface area contributed by atoms with Gasteiger partial charge in [0.15, 0.2) is 0 Å². The van der Waals surface area contributed by atoms with Gasteiger partial charge in [-0.15, -0.1) is 0 Å². The Bertz CT molecular complexity index is 686. The highest BCUT2D eigenvalue weighted by Crippen LogP contribution is 2.21. The second-order valence-corrected chi connectivity index (χ2v) is 6.37. The monoisotopic (exact) mass is 340 g/mol. The van der Waals surface area contributed by atoms with E-state index in [9.17, 15) is 4.79 Å². The highest BCUT2D eigenvalue weighted by atomic mass is 16.6. The maximum absolute atomic E-state index is 12.2. The molecule has 5 heteroatoms. The van der Waals surface area contributed by atoms with Gasteiger partial charge in [-0.25, -0.2) is 4.79 Å². The molecular weight excluding hydrogens is 316 g/mol. The molecule has 5 nitrogen and oxygen atoms in total. The Kier molecular flexibility index (Phi) is 5.56. The smallest absolute Gasteiger partial charge is 0.410 e. The van der Waals surface area contributed by atoms with Crippen LogP contribution in [0.15, 0.2) is 54.6 Å². The normalized spacial score (nSPS) is 18.0. The van der Waals surface area contributed by atoms with E-state index in [1.54, 1.807) is 4.90 Å². The molecule has 0 radical (unpaired) electrons. The van der Waals surface area contributed by atoms with E-state index in [1.165, 1.54) is 0 Å². The van der Waals surface area contributed by atoms with Gasteiger partial charge in [0.2, 0.25) is 0 Å². The molecule has 132 valence electrons. The number of rotatable bonds is 5. The lowest BCUT2D eigenvalue weighted by atomic mass is 10.1. The van der Waals surface area contributed by atoms with Crippen LogP contribution in [0.1, 0.15) is 30.5 Å². The van der Waals surface area contributed by atoms with E-state index in [-0.39, 0.29) is 18.2 Å². The van der Waals surface area contributed by atoms with Crippen molar-refractivity contribution in [1.82, 2.24) is 4.90 Å². The first-order valence-corrected chi connectivity index (χ1v) is 8.59. The summed E-state index contributed by atoms with van der Waals surface area (Å²) in [6, 6.07) is 17.5. The average Bonchev–Trinajstić information content (AvgIpc) is 3.09. The van der Waals surface area contributed by atoms with Gasteiger partial charge in [0, 0.05) is 19.0 Å². The summed E-state index contributed by atoms with van der Waals surface area (Å²) < 4.78 is 11.3. The van der Waals surface area contributed by atoms with Crippen molar-refractivity contribution in [3.05, 3.63) is 65.7 Å². The summed E-state index contributed by atoms with van der Waals surface area (Å²) in [6.45, 7) is 3.44. The molecule has 0 bridgehead atoms. The van der Waals surface area contributed by atoms with Crippen LogP contribution in [-0.4, -0.2) is 30.2 Å². The number of hydrogen-bond donors (Lipinski definition) is 1. The Labute approximate surface area is 148 Å². The zero-order valence-corrected chi connectivity index (χ0v) is 14.4. The molecule has 2 atom stereocenters. The second kappa shape index (κ2) is 8.03. The fraction of sp³-hybridized carbons (Fsp3) is 0.350. The van der Waals surface area contributed by atoms with Crippen molar-refractivity contribution in [2.24, 2.45) is 5.73 Å². The molecule has 0 aromatic heterocycles. The predicted octanol–water partition coefficient (Wildman–Crippen LogP) is 3.50. The molecule has 1 fully saturated rings. The van der Waals surface area contributed by atoms with Crippen molar-refractivity contribution in [3.63, 3.8) is 0 Å². The van der Waals surface area contributed by atoms with Gasteiger partial charge >= 0.3 is 6.09 Å². The fourth-order valence-electron chi connectivity index (χ4n) is 2.84. The van der Waals surface area contributed by atoms with Crippen molar-refractivity contribution < 1.29 is 14.3 Å². The summed E-state index contributed by atoms with van der Waals surface area (Å²) in [5.41, 5.74) is 7.91. The van der Waals surface area contributed by atoms with E-state index in [2.05, 4.69) is 0 Å². The lowest BCUT2D eigenvalue weighted by Gasteiger charge is -2.17. The molecule has 0 saturated carbocycles. The molecule has 2 N–H and O–H groups in total. The summed E-state index contributed by atoms with van der Waals surface area (Å²) in [5.74, 6) is 0.800. The standard InChI is InChI=1S/C20H24N2O3/c1-15(21)17-7-9-18(10-8-17)25-19-11-12-22(13-19)20(23)24-14-16-5-3-2-4-6-16/h2-10,15,19H,11-14,21H2,1H3/t15-,19+/m0/s1. The van der Waals surface area contributed by atoms with Crippen molar-refractivity contribution in [3.8, 4) is 5.75 Å². The third-order valence-electron chi connectivity index (χ3n) is 4.32. The maximum atomic E-state index is 12.2. The first kappa shape index (κ1) is 17.3. The summed E-state index contributed by atoms with van der Waals surface area (Å²) in [4.78, 5) is 13.9. The minimum Gasteiger partial charge on any atom is -0.489 e. The van der Waals surface area contributed by atoms with Crippen LogP contribution in [0.25, 0.3) is 0 Å². The summed E-state index contributed by atoms with van der Waals surface area (Å²) >= 11 is 0. The highest BCUT2D eigenvalue weighted by Gasteiger charge is 2.28. The molecule has 3 rings (SSSR count). The Morgan fingerprint density at radius 1 is 1.20 bits per heavy atom. The fourth-order valence-corrected chi connectivity index (χ4v) is 2.84. The summed E-state index contributed by atoms with van der Waals surface area (Å²) in [6.07, 6.45) is 0.503. The SMILES string of the molecule is C[C@H](N)c1ccc(O[C@@H]2CCN(C(=O)OCc3ccccc3)C2)cc1. The molecule has 1 heterocycles. The van der Waals surface area contributed by atoms with Crippen molar-refractivity contribution in [1.29, 1.82) is 0 Å². The van der Waals surface area contributed by atoms with Gasteiger partial charge in [0.05, 0.1) is 6.54 Å². The molecule has 2 aromatic rings. The van der Waals surface area contributed by atoms with E-state index in [4.69, 9.17) is 15.2 Å². The number of carbonyl (C=O) groups is 1. The second-order valence-electron chi connectivity index (χ2n) is 6.37. The number of hydrogen-bond acceptors (Lipinski definition) is 4. The van der Waals surface area contributed by atoms with Gasteiger partial charge in [-0.3, -0.25) is 0 Å². The summed E-state index contributed by atoms with van der Waals surface area (Å²) in [5, 5.41) is 0. The zero-order chi connectivity index (χ0) is 17.6. The van der Waals surface area contributed by atoms with Gasteiger partial charge in [0.1, 0.15) is 18.5 Å². The third-order valence-corrected chi connectivity index (χ3v) is 4.32. The first-order valence-electron chi connectivity index (χ1n) is 8.59. The van der Waals surface area contributed by atoms with Crippen LogP contribution in [0.3, 0.4) is 0 Å². The Hall–Kier alpha value is -2.53. The van der Waals surface area contributed by atoms with Crippen LogP contribution in [0.4, 0.5) is 4.79 Å². The number of ether oxygens (including phenoxy) is 2. The topological polar surface area (TPSA) is 64.8 Å². The van der Waals surface area contributed by atoms with Gasteiger partial charge in [0.25, 0.3) is 0 Å². The molecule has 1 saturated heterocycles. The molecule has 2 aromatic carbocycles. The summed E-state index contributed by atoms with van der Waals surface area (Å²) in [7, 11) is 0. The number of carbonyl (C=O) groups excluding carboxylic acids is 1. The van der Waals surface area contributed by atoms with Crippen molar-refractivity contribution in [2.45, 2.75) is 32.1 Å². The molecular formula is C20H24N2O3. The zero-order valence-electron chi connectivity index (χ0n) is 14.4. The van der Waals surface area contributed by atoms with Crippen LogP contribution in [-0.2, 0) is 11.3 Å². The largest absolute Gasteiger partial charge is 0.489 e. The maximum Gasteiger partial charge on any atom is 0.410 e. The molecule has 1 aliphatic heterocycles. The molecule has 0 unspecified atom stereocenters. The van der Waals surface area contributed by atoms with Gasteiger partial charge in [-0.1, -0.05) is 42.5 Å². The Balaban J connectivity index is 1.47. The van der Waals surface area contributed by atoms with Crippen molar-refractivity contribution in [2.75, 3.05) is 13.1 Å². The van der Waals surface area contributed by atoms with E-state index in [0.717, 1.165) is 23.3 Å². The lowest BCUT2D eigenvalue weighted by Crippen LogP contribution is -2.31. The molecule has 0 spiro atoms. The number of benzene rings is 2. The Morgan fingerprint density at radius 3 is 2.60 bits per heavy atom. The minimum absolute atomic E-state index is 0.00887. The van der Waals surface area contributed by atoms with Gasteiger partial charge in [-0.05, 0) is 30.2 Å². The quantitative estimate of drug-likeness (QED) is 0.905. The number of nitrogens with two attached hydrogens (primary N) is 1. The van der Waals surface area contributed by atoms with E-state index < -0.39 is 0 Å². The number of nitrogens with zero attached hydrogens (tertiary/aromatic N) is 1. The van der Waals surface area contributed by atoms with Gasteiger partial charge < -0.3 is 20.1 Å². The van der Waals surface area contributed by atoms with Crippen LogP contribution in [0, 0.1) is 0 Å².